The Kier molecular flexibility index (Phi) is 3.34. The van der Waals surface area contributed by atoms with Gasteiger partial charge in [-0.05, 0) is 25.8 Å². The van der Waals surface area contributed by atoms with Crippen LogP contribution in [0.15, 0.2) is 24.3 Å². The fourth-order valence-electron chi connectivity index (χ4n) is 2.36. The van der Waals surface area contributed by atoms with Crippen molar-refractivity contribution in [2.45, 2.75) is 38.8 Å². The smallest absolute Gasteiger partial charge is 0.152 e. The Morgan fingerprint density at radius 1 is 1.42 bits per heavy atom. The first-order valence-electron chi connectivity index (χ1n) is 6.97. The summed E-state index contributed by atoms with van der Waals surface area (Å²) in [7, 11) is 0. The predicted molar refractivity (Wildman–Crippen MR) is 75.1 cm³/mol. The Balaban J connectivity index is 1.77. The van der Waals surface area contributed by atoms with E-state index in [9.17, 15) is 4.79 Å². The maximum atomic E-state index is 12.0. The molecule has 0 amide bonds. The lowest BCUT2D eigenvalue weighted by atomic mass is 10.1. The average Bonchev–Trinajstić information content (AvgIpc) is 3.20. The quantitative estimate of drug-likeness (QED) is 0.860. The van der Waals surface area contributed by atoms with Crippen molar-refractivity contribution in [3.05, 3.63) is 30.0 Å². The second-order valence-electron chi connectivity index (χ2n) is 5.15. The van der Waals surface area contributed by atoms with Gasteiger partial charge in [-0.15, -0.1) is 0 Å². The van der Waals surface area contributed by atoms with E-state index < -0.39 is 0 Å². The van der Waals surface area contributed by atoms with E-state index in [1.54, 1.807) is 0 Å². The van der Waals surface area contributed by atoms with Gasteiger partial charge in [0.1, 0.15) is 0 Å². The Labute approximate surface area is 112 Å². The fraction of sp³-hybridized carbons (Fsp3) is 0.467. The molecule has 2 aromatic rings. The molecule has 0 spiro atoms. The van der Waals surface area contributed by atoms with Gasteiger partial charge in [0.2, 0.25) is 0 Å². The summed E-state index contributed by atoms with van der Waals surface area (Å²) >= 11 is 0. The molecule has 100 valence electrons. The van der Waals surface area contributed by atoms with Gasteiger partial charge in [0, 0.05) is 18.0 Å². The topological polar surface area (TPSA) is 46.9 Å². The van der Waals surface area contributed by atoms with Crippen LogP contribution in [0, 0.1) is 0 Å². The van der Waals surface area contributed by atoms with E-state index in [4.69, 9.17) is 0 Å². The number of hydrogen-bond donors (Lipinski definition) is 1. The third-order valence-electron chi connectivity index (χ3n) is 3.56. The number of nitrogens with one attached hydrogen (secondary N) is 1. The summed E-state index contributed by atoms with van der Waals surface area (Å²) in [6.45, 7) is 3.37. The van der Waals surface area contributed by atoms with Crippen LogP contribution in [-0.2, 0) is 17.8 Å². The fourth-order valence-corrected chi connectivity index (χ4v) is 2.36. The van der Waals surface area contributed by atoms with E-state index in [-0.39, 0.29) is 5.78 Å². The minimum atomic E-state index is 0.221. The summed E-state index contributed by atoms with van der Waals surface area (Å²) in [4.78, 5) is 12.0. The molecule has 1 aliphatic carbocycles. The predicted octanol–water partition coefficient (Wildman–Crippen LogP) is 1.92. The molecule has 0 bridgehead atoms. The molecule has 1 aromatic heterocycles. The Morgan fingerprint density at radius 2 is 2.21 bits per heavy atom. The van der Waals surface area contributed by atoms with Crippen LogP contribution in [0.5, 0.6) is 0 Å². The number of para-hydroxylation sites is 1. The van der Waals surface area contributed by atoms with E-state index >= 15 is 0 Å². The van der Waals surface area contributed by atoms with Gasteiger partial charge < -0.3 is 5.32 Å². The molecular weight excluding hydrogens is 238 g/mol. The first-order valence-corrected chi connectivity index (χ1v) is 6.97. The summed E-state index contributed by atoms with van der Waals surface area (Å²) in [5.74, 6) is 0.221. The number of nitrogens with zero attached hydrogens (tertiary/aromatic N) is 2. The van der Waals surface area contributed by atoms with E-state index in [1.807, 2.05) is 22.9 Å². The molecule has 0 unspecified atom stereocenters. The average molecular weight is 257 g/mol. The molecule has 1 aromatic carbocycles. The highest BCUT2D eigenvalue weighted by Gasteiger charge is 2.21. The highest BCUT2D eigenvalue weighted by Crippen LogP contribution is 2.20. The van der Waals surface area contributed by atoms with E-state index in [0.29, 0.717) is 19.0 Å². The molecule has 4 nitrogen and oxygen atoms in total. The molecular formula is C15H19N3O. The molecule has 1 saturated carbocycles. The number of aromatic nitrogens is 2. The maximum absolute atomic E-state index is 12.0. The summed E-state index contributed by atoms with van der Waals surface area (Å²) in [5, 5.41) is 8.92. The van der Waals surface area contributed by atoms with Gasteiger partial charge in [0.25, 0.3) is 0 Å². The second-order valence-corrected chi connectivity index (χ2v) is 5.15. The number of benzene rings is 1. The summed E-state index contributed by atoms with van der Waals surface area (Å²) in [6, 6.07) is 8.69. The lowest BCUT2D eigenvalue weighted by Gasteiger charge is -2.00. The Hall–Kier alpha value is -1.68. The molecule has 4 heteroatoms. The summed E-state index contributed by atoms with van der Waals surface area (Å²) in [6.07, 6.45) is 2.84. The molecule has 1 fully saturated rings. The van der Waals surface area contributed by atoms with E-state index in [1.165, 1.54) is 12.8 Å². The van der Waals surface area contributed by atoms with Gasteiger partial charge in [-0.25, -0.2) is 0 Å². The number of ketones is 1. The first-order chi connectivity index (χ1) is 9.28. The Morgan fingerprint density at radius 3 is 2.95 bits per heavy atom. The molecule has 0 atom stereocenters. The number of rotatable bonds is 6. The third-order valence-corrected chi connectivity index (χ3v) is 3.56. The van der Waals surface area contributed by atoms with Gasteiger partial charge in [-0.3, -0.25) is 9.48 Å². The minimum absolute atomic E-state index is 0.221. The summed E-state index contributed by atoms with van der Waals surface area (Å²) in [5.41, 5.74) is 2.02. The van der Waals surface area contributed by atoms with Crippen molar-refractivity contribution in [1.29, 1.82) is 0 Å². The number of hydrogen-bond acceptors (Lipinski definition) is 3. The molecule has 1 heterocycles. The van der Waals surface area contributed by atoms with Gasteiger partial charge in [-0.1, -0.05) is 18.2 Å². The standard InChI is InChI=1S/C15H19N3O/c1-2-18-15-6-4-3-5-13(15)14(17-18)9-12(19)10-16-11-7-8-11/h3-6,11,16H,2,7-10H2,1H3. The van der Waals surface area contributed by atoms with Crippen LogP contribution in [0.4, 0.5) is 0 Å². The Bertz CT molecular complexity index is 598. The molecule has 0 radical (unpaired) electrons. The van der Waals surface area contributed by atoms with Crippen molar-refractivity contribution in [1.82, 2.24) is 15.1 Å². The molecule has 1 aliphatic rings. The van der Waals surface area contributed by atoms with Crippen molar-refractivity contribution in [3.8, 4) is 0 Å². The van der Waals surface area contributed by atoms with Crippen molar-refractivity contribution in [2.75, 3.05) is 6.54 Å². The van der Waals surface area contributed by atoms with E-state index in [2.05, 4.69) is 23.4 Å². The molecule has 0 aliphatic heterocycles. The first kappa shape index (κ1) is 12.4. The zero-order valence-corrected chi connectivity index (χ0v) is 11.2. The van der Waals surface area contributed by atoms with Crippen LogP contribution in [-0.4, -0.2) is 28.2 Å². The van der Waals surface area contributed by atoms with E-state index in [0.717, 1.165) is 23.1 Å². The van der Waals surface area contributed by atoms with Gasteiger partial charge in [0.05, 0.1) is 24.2 Å². The van der Waals surface area contributed by atoms with Crippen LogP contribution >= 0.6 is 0 Å². The third kappa shape index (κ3) is 2.68. The van der Waals surface area contributed by atoms with Gasteiger partial charge in [-0.2, -0.15) is 5.10 Å². The summed E-state index contributed by atoms with van der Waals surface area (Å²) < 4.78 is 1.96. The highest BCUT2D eigenvalue weighted by molar-refractivity contribution is 5.89. The maximum Gasteiger partial charge on any atom is 0.152 e. The number of aryl methyl sites for hydroxylation is 1. The molecule has 3 rings (SSSR count). The monoisotopic (exact) mass is 257 g/mol. The van der Waals surface area contributed by atoms with Crippen LogP contribution in [0.1, 0.15) is 25.5 Å². The van der Waals surface area contributed by atoms with Crippen molar-refractivity contribution in [3.63, 3.8) is 0 Å². The second kappa shape index (κ2) is 5.13. The lowest BCUT2D eigenvalue weighted by molar-refractivity contribution is -0.117. The zero-order chi connectivity index (χ0) is 13.2. The molecule has 19 heavy (non-hydrogen) atoms. The molecule has 0 saturated heterocycles. The number of carbonyl (C=O) groups is 1. The lowest BCUT2D eigenvalue weighted by Crippen LogP contribution is -2.26. The minimum Gasteiger partial charge on any atom is -0.307 e. The normalized spacial score (nSPS) is 15.0. The van der Waals surface area contributed by atoms with Crippen LogP contribution in [0.2, 0.25) is 0 Å². The molecule has 1 N–H and O–H groups in total. The number of carbonyl (C=O) groups excluding carboxylic acids is 1. The van der Waals surface area contributed by atoms with Crippen LogP contribution in [0.3, 0.4) is 0 Å². The number of Topliss-reactive ketones (excluding diaryl/α,β-unsaturated/α-hetero) is 1. The number of fused-ring (bicyclic) bond motifs is 1. The largest absolute Gasteiger partial charge is 0.307 e. The SMILES string of the molecule is CCn1nc(CC(=O)CNC2CC2)c2ccccc21. The van der Waals surface area contributed by atoms with Crippen LogP contribution in [0.25, 0.3) is 10.9 Å². The van der Waals surface area contributed by atoms with Crippen molar-refractivity contribution >= 4 is 16.7 Å². The zero-order valence-electron chi connectivity index (χ0n) is 11.2. The van der Waals surface area contributed by atoms with Crippen molar-refractivity contribution in [2.24, 2.45) is 0 Å². The van der Waals surface area contributed by atoms with Gasteiger partial charge in [0.15, 0.2) is 5.78 Å². The van der Waals surface area contributed by atoms with Gasteiger partial charge >= 0.3 is 0 Å². The highest BCUT2D eigenvalue weighted by atomic mass is 16.1. The van der Waals surface area contributed by atoms with Crippen molar-refractivity contribution < 1.29 is 4.79 Å². The van der Waals surface area contributed by atoms with Crippen LogP contribution < -0.4 is 5.32 Å².